The SMILES string of the molecule is COc1ccc(CN2C[C@@H]3C[C@@H](c4ccc(Cl)cc4)N4CCC[C@@]34C2)cc1. The number of halogens is 1. The molecular formula is C23H27ClN2O. The van der Waals surface area contributed by atoms with Crippen LogP contribution in [0.25, 0.3) is 0 Å². The minimum Gasteiger partial charge on any atom is -0.497 e. The molecule has 0 radical (unpaired) electrons. The van der Waals surface area contributed by atoms with Gasteiger partial charge in [-0.05, 0) is 67.1 Å². The quantitative estimate of drug-likeness (QED) is 0.758. The summed E-state index contributed by atoms with van der Waals surface area (Å²) in [6.07, 6.45) is 3.96. The average Bonchev–Trinajstić information content (AvgIpc) is 3.31. The minimum absolute atomic E-state index is 0.386. The Bertz CT molecular complexity index is 806. The largest absolute Gasteiger partial charge is 0.497 e. The molecule has 2 aromatic carbocycles. The lowest BCUT2D eigenvalue weighted by Crippen LogP contribution is -2.45. The highest BCUT2D eigenvalue weighted by atomic mass is 35.5. The molecular weight excluding hydrogens is 356 g/mol. The van der Waals surface area contributed by atoms with Gasteiger partial charge in [0.1, 0.15) is 5.75 Å². The number of hydrogen-bond acceptors (Lipinski definition) is 3. The highest BCUT2D eigenvalue weighted by Crippen LogP contribution is 2.55. The molecule has 0 aromatic heterocycles. The summed E-state index contributed by atoms with van der Waals surface area (Å²) >= 11 is 6.11. The van der Waals surface area contributed by atoms with Crippen LogP contribution >= 0.6 is 11.6 Å². The van der Waals surface area contributed by atoms with Crippen LogP contribution in [0.3, 0.4) is 0 Å². The summed E-state index contributed by atoms with van der Waals surface area (Å²) in [6.45, 7) is 4.70. The van der Waals surface area contributed by atoms with E-state index in [1.807, 2.05) is 12.1 Å². The molecule has 142 valence electrons. The third kappa shape index (κ3) is 2.97. The van der Waals surface area contributed by atoms with E-state index in [2.05, 4.69) is 46.2 Å². The van der Waals surface area contributed by atoms with Crippen molar-refractivity contribution in [2.45, 2.75) is 37.4 Å². The Kier molecular flexibility index (Phi) is 4.42. The predicted octanol–water partition coefficient (Wildman–Crippen LogP) is 4.76. The lowest BCUT2D eigenvalue weighted by molar-refractivity contribution is 0.131. The number of methoxy groups -OCH3 is 1. The van der Waals surface area contributed by atoms with Gasteiger partial charge in [-0.3, -0.25) is 9.80 Å². The summed E-state index contributed by atoms with van der Waals surface area (Å²) in [6, 6.07) is 17.7. The monoisotopic (exact) mass is 382 g/mol. The summed E-state index contributed by atoms with van der Waals surface area (Å²) in [5, 5.41) is 0.832. The van der Waals surface area contributed by atoms with E-state index in [0.29, 0.717) is 11.6 Å². The molecule has 3 saturated heterocycles. The molecule has 0 saturated carbocycles. The van der Waals surface area contributed by atoms with Crippen molar-refractivity contribution in [3.05, 3.63) is 64.7 Å². The second-order valence-corrected chi connectivity index (χ2v) is 8.85. The van der Waals surface area contributed by atoms with Crippen LogP contribution in [0.15, 0.2) is 48.5 Å². The average molecular weight is 383 g/mol. The number of ether oxygens (including phenoxy) is 1. The lowest BCUT2D eigenvalue weighted by Gasteiger charge is -2.35. The fraction of sp³-hybridized carbons (Fsp3) is 0.478. The standard InChI is InChI=1S/C23H27ClN2O/c1-27-21-9-3-17(4-10-21)14-25-15-19-13-22(18-5-7-20(24)8-6-18)26-12-2-11-23(19,26)16-25/h3-10,19,22H,2,11-16H2,1H3/t19-,22-,23+/m0/s1. The van der Waals surface area contributed by atoms with E-state index in [0.717, 1.165) is 23.2 Å². The number of rotatable bonds is 4. The maximum atomic E-state index is 6.11. The molecule has 2 aromatic rings. The first-order valence-electron chi connectivity index (χ1n) is 10.1. The van der Waals surface area contributed by atoms with Crippen molar-refractivity contribution in [3.63, 3.8) is 0 Å². The predicted molar refractivity (Wildman–Crippen MR) is 109 cm³/mol. The van der Waals surface area contributed by atoms with E-state index in [1.165, 1.54) is 50.0 Å². The van der Waals surface area contributed by atoms with Crippen molar-refractivity contribution >= 4 is 11.6 Å². The van der Waals surface area contributed by atoms with Gasteiger partial charge in [-0.15, -0.1) is 0 Å². The Balaban J connectivity index is 1.33. The molecule has 27 heavy (non-hydrogen) atoms. The van der Waals surface area contributed by atoms with E-state index in [1.54, 1.807) is 7.11 Å². The van der Waals surface area contributed by atoms with Crippen LogP contribution < -0.4 is 4.74 Å². The van der Waals surface area contributed by atoms with Crippen LogP contribution in [-0.2, 0) is 6.54 Å². The fourth-order valence-electron chi connectivity index (χ4n) is 5.86. The van der Waals surface area contributed by atoms with Gasteiger partial charge in [0.05, 0.1) is 7.11 Å². The zero-order valence-corrected chi connectivity index (χ0v) is 16.7. The highest BCUT2D eigenvalue weighted by molar-refractivity contribution is 6.30. The summed E-state index contributed by atoms with van der Waals surface area (Å²) in [5.74, 6) is 1.71. The molecule has 4 heteroatoms. The number of benzene rings is 2. The van der Waals surface area contributed by atoms with E-state index >= 15 is 0 Å². The molecule has 3 fully saturated rings. The zero-order chi connectivity index (χ0) is 18.4. The van der Waals surface area contributed by atoms with Gasteiger partial charge in [0.25, 0.3) is 0 Å². The molecule has 0 N–H and O–H groups in total. The number of hydrogen-bond donors (Lipinski definition) is 0. The maximum Gasteiger partial charge on any atom is 0.118 e. The van der Waals surface area contributed by atoms with Crippen LogP contribution in [0, 0.1) is 5.92 Å². The second-order valence-electron chi connectivity index (χ2n) is 8.42. The molecule has 3 atom stereocenters. The Morgan fingerprint density at radius 1 is 1.11 bits per heavy atom. The van der Waals surface area contributed by atoms with Crippen LogP contribution in [0.4, 0.5) is 0 Å². The smallest absolute Gasteiger partial charge is 0.118 e. The Hall–Kier alpha value is -1.55. The van der Waals surface area contributed by atoms with Crippen molar-refractivity contribution in [1.29, 1.82) is 0 Å². The number of nitrogens with zero attached hydrogens (tertiary/aromatic N) is 2. The Morgan fingerprint density at radius 2 is 1.89 bits per heavy atom. The van der Waals surface area contributed by atoms with Crippen molar-refractivity contribution in [2.24, 2.45) is 5.92 Å². The molecule has 0 amide bonds. The van der Waals surface area contributed by atoms with E-state index < -0.39 is 0 Å². The van der Waals surface area contributed by atoms with Gasteiger partial charge >= 0.3 is 0 Å². The molecule has 0 aliphatic carbocycles. The van der Waals surface area contributed by atoms with E-state index in [-0.39, 0.29) is 0 Å². The first-order valence-corrected chi connectivity index (χ1v) is 10.4. The van der Waals surface area contributed by atoms with Crippen LogP contribution in [0.2, 0.25) is 5.02 Å². The van der Waals surface area contributed by atoms with Gasteiger partial charge in [0.2, 0.25) is 0 Å². The van der Waals surface area contributed by atoms with E-state index in [4.69, 9.17) is 16.3 Å². The van der Waals surface area contributed by atoms with Crippen molar-refractivity contribution in [2.75, 3.05) is 26.7 Å². The first-order chi connectivity index (χ1) is 13.2. The molecule has 3 heterocycles. The van der Waals surface area contributed by atoms with Gasteiger partial charge in [0.15, 0.2) is 0 Å². The highest BCUT2D eigenvalue weighted by Gasteiger charge is 2.59. The summed E-state index contributed by atoms with van der Waals surface area (Å²) in [7, 11) is 1.72. The van der Waals surface area contributed by atoms with Crippen molar-refractivity contribution < 1.29 is 4.74 Å². The van der Waals surface area contributed by atoms with Gasteiger partial charge in [-0.2, -0.15) is 0 Å². The van der Waals surface area contributed by atoms with E-state index in [9.17, 15) is 0 Å². The number of likely N-dealkylation sites (tertiary alicyclic amines) is 1. The summed E-state index contributed by atoms with van der Waals surface area (Å²) in [4.78, 5) is 5.50. The Labute approximate surface area is 166 Å². The van der Waals surface area contributed by atoms with Gasteiger partial charge in [-0.25, -0.2) is 0 Å². The molecule has 5 rings (SSSR count). The van der Waals surface area contributed by atoms with Crippen molar-refractivity contribution in [1.82, 2.24) is 9.80 Å². The molecule has 3 aliphatic rings. The molecule has 1 spiro atoms. The first kappa shape index (κ1) is 17.5. The zero-order valence-electron chi connectivity index (χ0n) is 15.9. The van der Waals surface area contributed by atoms with Gasteiger partial charge < -0.3 is 4.74 Å². The lowest BCUT2D eigenvalue weighted by atomic mass is 9.86. The van der Waals surface area contributed by atoms with Crippen molar-refractivity contribution in [3.8, 4) is 5.75 Å². The molecule has 0 bridgehead atoms. The molecule has 3 aliphatic heterocycles. The summed E-state index contributed by atoms with van der Waals surface area (Å²) < 4.78 is 5.29. The minimum atomic E-state index is 0.386. The molecule has 3 nitrogen and oxygen atoms in total. The second kappa shape index (κ2) is 6.80. The van der Waals surface area contributed by atoms with Gasteiger partial charge in [-0.1, -0.05) is 35.9 Å². The fourth-order valence-corrected chi connectivity index (χ4v) is 5.99. The normalized spacial score (nSPS) is 30.4. The molecule has 0 unspecified atom stereocenters. The van der Waals surface area contributed by atoms with Crippen LogP contribution in [0.5, 0.6) is 5.75 Å². The Morgan fingerprint density at radius 3 is 2.63 bits per heavy atom. The topological polar surface area (TPSA) is 15.7 Å². The van der Waals surface area contributed by atoms with Crippen LogP contribution in [-0.4, -0.2) is 42.1 Å². The van der Waals surface area contributed by atoms with Gasteiger partial charge in [0, 0.05) is 36.2 Å². The third-order valence-corrected chi connectivity index (χ3v) is 7.27. The van der Waals surface area contributed by atoms with Crippen LogP contribution in [0.1, 0.15) is 36.4 Å². The maximum absolute atomic E-state index is 6.11. The third-order valence-electron chi connectivity index (χ3n) is 7.02. The summed E-state index contributed by atoms with van der Waals surface area (Å²) in [5.41, 5.74) is 3.21.